The van der Waals surface area contributed by atoms with Gasteiger partial charge in [0.25, 0.3) is 0 Å². The highest BCUT2D eigenvalue weighted by Gasteiger charge is 2.15. The molecule has 0 radical (unpaired) electrons. The van der Waals surface area contributed by atoms with Gasteiger partial charge in [-0.2, -0.15) is 0 Å². The van der Waals surface area contributed by atoms with Gasteiger partial charge in [0.15, 0.2) is 0 Å². The van der Waals surface area contributed by atoms with E-state index in [4.69, 9.17) is 0 Å². The Morgan fingerprint density at radius 1 is 0.947 bits per heavy atom. The Hall–Kier alpha value is -1.34. The summed E-state index contributed by atoms with van der Waals surface area (Å²) >= 11 is 3.75. The molecule has 0 N–H and O–H groups in total. The maximum atomic E-state index is 3.75. The molecule has 1 heteroatoms. The van der Waals surface area contributed by atoms with Crippen molar-refractivity contribution in [1.29, 1.82) is 0 Å². The van der Waals surface area contributed by atoms with Crippen LogP contribution in [0.15, 0.2) is 40.9 Å². The zero-order valence-corrected chi connectivity index (χ0v) is 13.1. The van der Waals surface area contributed by atoms with Crippen molar-refractivity contribution in [2.24, 2.45) is 0 Å². The molecule has 0 unspecified atom stereocenters. The van der Waals surface area contributed by atoms with Crippen LogP contribution in [-0.4, -0.2) is 0 Å². The fourth-order valence-corrected chi connectivity index (χ4v) is 3.33. The lowest BCUT2D eigenvalue weighted by molar-refractivity contribution is 1.29. The van der Waals surface area contributed by atoms with Crippen LogP contribution in [0.25, 0.3) is 16.7 Å². The van der Waals surface area contributed by atoms with Gasteiger partial charge < -0.3 is 0 Å². The minimum atomic E-state index is 1.06. The minimum Gasteiger partial charge on any atom is -0.0766 e. The summed E-state index contributed by atoms with van der Waals surface area (Å²) in [6.07, 6.45) is 3.37. The van der Waals surface area contributed by atoms with Crippen LogP contribution in [0.5, 0.6) is 0 Å². The summed E-state index contributed by atoms with van der Waals surface area (Å²) < 4.78 is 1.19. The fourth-order valence-electron chi connectivity index (χ4n) is 2.78. The van der Waals surface area contributed by atoms with Crippen LogP contribution in [0.1, 0.15) is 29.2 Å². The van der Waals surface area contributed by atoms with E-state index in [2.05, 4.69) is 73.1 Å². The minimum absolute atomic E-state index is 1.06. The average molecular weight is 313 g/mol. The summed E-state index contributed by atoms with van der Waals surface area (Å²) in [6, 6.07) is 11.1. The molecule has 0 atom stereocenters. The summed E-state index contributed by atoms with van der Waals surface area (Å²) in [7, 11) is 0. The number of hydrogen-bond donors (Lipinski definition) is 0. The van der Waals surface area contributed by atoms with Gasteiger partial charge in [-0.1, -0.05) is 40.2 Å². The number of aryl methyl sites for hydroxylation is 1. The van der Waals surface area contributed by atoms with E-state index < -0.39 is 0 Å². The number of fused-ring (bicyclic) bond motifs is 1. The van der Waals surface area contributed by atoms with E-state index in [1.807, 2.05) is 0 Å². The average Bonchev–Trinajstić information content (AvgIpc) is 2.74. The fraction of sp³-hybridized carbons (Fsp3) is 0.222. The van der Waals surface area contributed by atoms with E-state index in [1.54, 1.807) is 0 Å². The Kier molecular flexibility index (Phi) is 3.10. The molecule has 0 saturated carbocycles. The number of rotatable bonds is 1. The summed E-state index contributed by atoms with van der Waals surface area (Å²) in [5.74, 6) is 0. The van der Waals surface area contributed by atoms with Crippen LogP contribution in [-0.2, 0) is 6.42 Å². The van der Waals surface area contributed by atoms with E-state index in [0.717, 1.165) is 6.42 Å². The van der Waals surface area contributed by atoms with Crippen LogP contribution in [0.3, 0.4) is 0 Å². The molecule has 0 spiro atoms. The van der Waals surface area contributed by atoms with Gasteiger partial charge in [-0.25, -0.2) is 0 Å². The molecule has 19 heavy (non-hydrogen) atoms. The van der Waals surface area contributed by atoms with Gasteiger partial charge in [-0.3, -0.25) is 0 Å². The lowest BCUT2D eigenvalue weighted by Crippen LogP contribution is -1.91. The molecular formula is C18H17Br. The maximum Gasteiger partial charge on any atom is 0.0260 e. The highest BCUT2D eigenvalue weighted by molar-refractivity contribution is 9.10. The Morgan fingerprint density at radius 3 is 2.53 bits per heavy atom. The van der Waals surface area contributed by atoms with E-state index in [9.17, 15) is 0 Å². The predicted octanol–water partition coefficient (Wildman–Crippen LogP) is 5.69. The molecule has 3 rings (SSSR count). The zero-order chi connectivity index (χ0) is 13.6. The van der Waals surface area contributed by atoms with Crippen molar-refractivity contribution < 1.29 is 0 Å². The molecular weight excluding hydrogens is 296 g/mol. The summed E-state index contributed by atoms with van der Waals surface area (Å²) in [5, 5.41) is 0. The van der Waals surface area contributed by atoms with Crippen LogP contribution in [0.2, 0.25) is 0 Å². The van der Waals surface area contributed by atoms with Gasteiger partial charge in [-0.05, 0) is 78.3 Å². The number of halogens is 1. The lowest BCUT2D eigenvalue weighted by Gasteiger charge is -2.13. The second kappa shape index (κ2) is 4.64. The number of hydrogen-bond acceptors (Lipinski definition) is 0. The van der Waals surface area contributed by atoms with Gasteiger partial charge in [-0.15, -0.1) is 0 Å². The third-order valence-electron chi connectivity index (χ3n) is 4.14. The Balaban J connectivity index is 2.20. The topological polar surface area (TPSA) is 0 Å². The normalized spacial score (nSPS) is 13.4. The maximum absolute atomic E-state index is 3.75. The van der Waals surface area contributed by atoms with Gasteiger partial charge in [0.05, 0.1) is 0 Å². The Morgan fingerprint density at radius 2 is 1.74 bits per heavy atom. The second-order valence-corrected chi connectivity index (χ2v) is 6.18. The molecule has 0 saturated heterocycles. The first-order valence-electron chi connectivity index (χ1n) is 6.64. The number of benzene rings is 2. The molecule has 0 amide bonds. The smallest absolute Gasteiger partial charge is 0.0260 e. The lowest BCUT2D eigenvalue weighted by atomic mass is 9.94. The van der Waals surface area contributed by atoms with Crippen LogP contribution >= 0.6 is 15.9 Å². The van der Waals surface area contributed by atoms with Crippen molar-refractivity contribution in [2.75, 3.05) is 0 Å². The third kappa shape index (κ3) is 2.06. The highest BCUT2D eigenvalue weighted by atomic mass is 79.9. The first-order valence-corrected chi connectivity index (χ1v) is 7.43. The van der Waals surface area contributed by atoms with Crippen LogP contribution < -0.4 is 0 Å². The van der Waals surface area contributed by atoms with E-state index in [0.29, 0.717) is 0 Å². The second-order valence-electron chi connectivity index (χ2n) is 5.33. The zero-order valence-electron chi connectivity index (χ0n) is 11.5. The van der Waals surface area contributed by atoms with Crippen molar-refractivity contribution in [3.63, 3.8) is 0 Å². The molecule has 0 nitrogen and oxygen atoms in total. The van der Waals surface area contributed by atoms with Crippen molar-refractivity contribution in [3.05, 3.63) is 63.1 Å². The molecule has 0 aromatic heterocycles. The van der Waals surface area contributed by atoms with Gasteiger partial charge in [0.1, 0.15) is 0 Å². The van der Waals surface area contributed by atoms with Gasteiger partial charge in [0, 0.05) is 4.47 Å². The van der Waals surface area contributed by atoms with E-state index in [1.165, 1.54) is 43.4 Å². The van der Waals surface area contributed by atoms with Crippen molar-refractivity contribution in [1.82, 2.24) is 0 Å². The first kappa shape index (κ1) is 12.7. The molecule has 0 heterocycles. The van der Waals surface area contributed by atoms with Crippen LogP contribution in [0, 0.1) is 13.8 Å². The molecule has 1 aliphatic carbocycles. The molecule has 2 aromatic rings. The standard InChI is InChI=1S/C18H17Br/c1-11-5-4-6-15(13(11)3)17-9-14-8-7-12(2)16(14)10-18(17)19/h4-7,9-10H,8H2,1-3H3. The van der Waals surface area contributed by atoms with Crippen LogP contribution in [0.4, 0.5) is 0 Å². The Bertz CT molecular complexity index is 693. The largest absolute Gasteiger partial charge is 0.0766 e. The SMILES string of the molecule is CC1=CCc2cc(-c3cccc(C)c3C)c(Br)cc21. The summed E-state index contributed by atoms with van der Waals surface area (Å²) in [4.78, 5) is 0. The predicted molar refractivity (Wildman–Crippen MR) is 86.4 cm³/mol. The molecule has 0 bridgehead atoms. The molecule has 1 aliphatic rings. The van der Waals surface area contributed by atoms with Crippen molar-refractivity contribution >= 4 is 21.5 Å². The van der Waals surface area contributed by atoms with Gasteiger partial charge in [0.2, 0.25) is 0 Å². The van der Waals surface area contributed by atoms with Crippen molar-refractivity contribution in [2.45, 2.75) is 27.2 Å². The third-order valence-corrected chi connectivity index (χ3v) is 4.80. The Labute approximate surface area is 123 Å². The summed E-state index contributed by atoms with van der Waals surface area (Å²) in [5.41, 5.74) is 9.58. The number of allylic oxidation sites excluding steroid dienone is 2. The first-order chi connectivity index (χ1) is 9.08. The quantitative estimate of drug-likeness (QED) is 0.634. The molecule has 0 aliphatic heterocycles. The highest BCUT2D eigenvalue weighted by Crippen LogP contribution is 2.38. The molecule has 96 valence electrons. The van der Waals surface area contributed by atoms with Gasteiger partial charge >= 0.3 is 0 Å². The molecule has 0 fully saturated rings. The van der Waals surface area contributed by atoms with E-state index >= 15 is 0 Å². The summed E-state index contributed by atoms with van der Waals surface area (Å²) in [6.45, 7) is 6.56. The monoisotopic (exact) mass is 312 g/mol. The molecule has 2 aromatic carbocycles. The van der Waals surface area contributed by atoms with Crippen molar-refractivity contribution in [3.8, 4) is 11.1 Å². The van der Waals surface area contributed by atoms with E-state index in [-0.39, 0.29) is 0 Å².